The Kier molecular flexibility index (Phi) is 5.21. The summed E-state index contributed by atoms with van der Waals surface area (Å²) in [5, 5.41) is 19.1. The van der Waals surface area contributed by atoms with Gasteiger partial charge in [0.2, 0.25) is 0 Å². The molecule has 8 nitrogen and oxygen atoms in total. The van der Waals surface area contributed by atoms with Crippen LogP contribution in [0.5, 0.6) is 0 Å². The zero-order valence-electron chi connectivity index (χ0n) is 16.6. The van der Waals surface area contributed by atoms with Crippen molar-refractivity contribution in [2.45, 2.75) is 18.9 Å². The van der Waals surface area contributed by atoms with Crippen molar-refractivity contribution in [3.05, 3.63) is 53.3 Å². The molecule has 1 aliphatic rings. The minimum atomic E-state index is 0.0988. The molecule has 31 heavy (non-hydrogen) atoms. The fourth-order valence-electron chi connectivity index (χ4n) is 4.04. The summed E-state index contributed by atoms with van der Waals surface area (Å²) < 4.78 is 0.958. The van der Waals surface area contributed by atoms with Crippen LogP contribution >= 0.6 is 15.9 Å². The molecule has 1 atom stereocenters. The van der Waals surface area contributed by atoms with E-state index in [1.807, 2.05) is 42.5 Å². The number of nitrogens with zero attached hydrogens (tertiary/aromatic N) is 6. The Hall–Kier alpha value is -3.17. The molecule has 0 amide bonds. The number of nitrogens with two attached hydrogens (primary N) is 1. The zero-order chi connectivity index (χ0) is 21.4. The molecule has 0 saturated carbocycles. The number of benzene rings is 1. The SMILES string of the molecule is Nc1ncnc2nc(-c3ccc(N4CCC[C@H]4CO)nn3)cc(-c3cccc(Br)c3)c12. The van der Waals surface area contributed by atoms with E-state index in [1.54, 1.807) is 0 Å². The Morgan fingerprint density at radius 1 is 1.10 bits per heavy atom. The summed E-state index contributed by atoms with van der Waals surface area (Å²) >= 11 is 3.53. The minimum Gasteiger partial charge on any atom is -0.394 e. The smallest absolute Gasteiger partial charge is 0.165 e. The molecule has 0 radical (unpaired) electrons. The van der Waals surface area contributed by atoms with Crippen molar-refractivity contribution in [2.75, 3.05) is 23.8 Å². The van der Waals surface area contributed by atoms with Crippen molar-refractivity contribution in [3.63, 3.8) is 0 Å². The molecule has 1 aliphatic heterocycles. The third-order valence-corrected chi connectivity index (χ3v) is 6.06. The first kappa shape index (κ1) is 19.8. The summed E-state index contributed by atoms with van der Waals surface area (Å²) in [6.45, 7) is 0.990. The number of nitrogen functional groups attached to an aromatic ring is 1. The van der Waals surface area contributed by atoms with Gasteiger partial charge in [-0.2, -0.15) is 0 Å². The lowest BCUT2D eigenvalue weighted by molar-refractivity contribution is 0.266. The highest BCUT2D eigenvalue weighted by molar-refractivity contribution is 9.10. The van der Waals surface area contributed by atoms with Gasteiger partial charge >= 0.3 is 0 Å². The van der Waals surface area contributed by atoms with Gasteiger partial charge in [0.05, 0.1) is 23.7 Å². The summed E-state index contributed by atoms with van der Waals surface area (Å²) in [6, 6.07) is 13.8. The van der Waals surface area contributed by atoms with Gasteiger partial charge in [-0.15, -0.1) is 10.2 Å². The monoisotopic (exact) mass is 477 g/mol. The molecular weight excluding hydrogens is 458 g/mol. The summed E-state index contributed by atoms with van der Waals surface area (Å²) in [4.78, 5) is 15.3. The second-order valence-electron chi connectivity index (χ2n) is 7.47. The fourth-order valence-corrected chi connectivity index (χ4v) is 4.44. The van der Waals surface area contributed by atoms with Crippen molar-refractivity contribution in [1.29, 1.82) is 0 Å². The Balaban J connectivity index is 1.61. The summed E-state index contributed by atoms with van der Waals surface area (Å²) in [7, 11) is 0. The first-order valence-electron chi connectivity index (χ1n) is 10.0. The topological polar surface area (TPSA) is 114 Å². The molecule has 1 aromatic carbocycles. The maximum atomic E-state index is 9.59. The Labute approximate surface area is 187 Å². The highest BCUT2D eigenvalue weighted by Gasteiger charge is 2.25. The molecule has 0 aliphatic carbocycles. The number of fused-ring (bicyclic) bond motifs is 1. The number of pyridine rings is 1. The minimum absolute atomic E-state index is 0.0988. The number of hydrogen-bond donors (Lipinski definition) is 2. The van der Waals surface area contributed by atoms with Crippen molar-refractivity contribution < 1.29 is 5.11 Å². The lowest BCUT2D eigenvalue weighted by Gasteiger charge is -2.23. The number of hydrogen-bond acceptors (Lipinski definition) is 8. The fraction of sp³-hybridized carbons (Fsp3) is 0.227. The molecule has 156 valence electrons. The number of halogens is 1. The second kappa shape index (κ2) is 8.16. The molecule has 4 heterocycles. The maximum Gasteiger partial charge on any atom is 0.165 e. The van der Waals surface area contributed by atoms with Crippen molar-refractivity contribution in [1.82, 2.24) is 25.1 Å². The van der Waals surface area contributed by atoms with Gasteiger partial charge in [0.15, 0.2) is 11.5 Å². The molecule has 1 saturated heterocycles. The van der Waals surface area contributed by atoms with E-state index in [4.69, 9.17) is 5.73 Å². The largest absolute Gasteiger partial charge is 0.394 e. The van der Waals surface area contributed by atoms with Crippen LogP contribution < -0.4 is 10.6 Å². The van der Waals surface area contributed by atoms with E-state index in [0.717, 1.165) is 40.8 Å². The molecule has 0 unspecified atom stereocenters. The standard InChI is InChI=1S/C22H20BrN7O/c23-14-4-1-3-13(9-14)16-10-18(27-22-20(16)21(24)25-12-26-22)17-6-7-19(29-28-17)30-8-2-5-15(30)11-31/h1,3-4,6-7,9-10,12,15,31H,2,5,8,11H2,(H2,24,25,26,27)/t15-/m0/s1. The van der Waals surface area contributed by atoms with Gasteiger partial charge in [-0.05, 0) is 54.3 Å². The average molecular weight is 478 g/mol. The Morgan fingerprint density at radius 3 is 2.77 bits per heavy atom. The van der Waals surface area contributed by atoms with E-state index in [0.29, 0.717) is 28.2 Å². The van der Waals surface area contributed by atoms with E-state index in [1.165, 1.54) is 6.33 Å². The predicted octanol–water partition coefficient (Wildman–Crippen LogP) is 3.45. The van der Waals surface area contributed by atoms with E-state index in [2.05, 4.69) is 46.0 Å². The van der Waals surface area contributed by atoms with Gasteiger partial charge < -0.3 is 15.7 Å². The van der Waals surface area contributed by atoms with Crippen molar-refractivity contribution in [3.8, 4) is 22.5 Å². The van der Waals surface area contributed by atoms with Gasteiger partial charge in [0.25, 0.3) is 0 Å². The number of aliphatic hydroxyl groups is 1. The van der Waals surface area contributed by atoms with Crippen LogP contribution in [-0.2, 0) is 0 Å². The summed E-state index contributed by atoms with van der Waals surface area (Å²) in [5.74, 6) is 1.14. The molecule has 3 N–H and O–H groups in total. The molecular formula is C22H20BrN7O. The van der Waals surface area contributed by atoms with Gasteiger partial charge in [0, 0.05) is 11.0 Å². The third-order valence-electron chi connectivity index (χ3n) is 5.56. The van der Waals surface area contributed by atoms with Gasteiger partial charge in [-0.1, -0.05) is 28.1 Å². The molecule has 0 bridgehead atoms. The van der Waals surface area contributed by atoms with Crippen LogP contribution in [0.3, 0.4) is 0 Å². The Morgan fingerprint density at radius 2 is 2.00 bits per heavy atom. The maximum absolute atomic E-state index is 9.59. The van der Waals surface area contributed by atoms with Crippen molar-refractivity contribution in [2.24, 2.45) is 0 Å². The molecule has 0 spiro atoms. The van der Waals surface area contributed by atoms with Crippen LogP contribution in [0.2, 0.25) is 0 Å². The number of aliphatic hydroxyl groups excluding tert-OH is 1. The van der Waals surface area contributed by atoms with Crippen LogP contribution in [0.15, 0.2) is 53.3 Å². The first-order chi connectivity index (χ1) is 15.1. The van der Waals surface area contributed by atoms with Crippen molar-refractivity contribution >= 4 is 38.6 Å². The van der Waals surface area contributed by atoms with Crippen LogP contribution in [0.4, 0.5) is 11.6 Å². The molecule has 9 heteroatoms. The van der Waals surface area contributed by atoms with Gasteiger partial charge in [0.1, 0.15) is 17.8 Å². The normalized spacial score (nSPS) is 16.2. The average Bonchev–Trinajstić information content (AvgIpc) is 3.28. The summed E-state index contributed by atoms with van der Waals surface area (Å²) in [5.41, 5.74) is 9.83. The molecule has 3 aromatic heterocycles. The highest BCUT2D eigenvalue weighted by Crippen LogP contribution is 2.34. The van der Waals surface area contributed by atoms with Crippen LogP contribution in [0, 0.1) is 0 Å². The van der Waals surface area contributed by atoms with E-state index < -0.39 is 0 Å². The van der Waals surface area contributed by atoms with Crippen LogP contribution in [-0.4, -0.2) is 49.4 Å². The van der Waals surface area contributed by atoms with Crippen LogP contribution in [0.1, 0.15) is 12.8 Å². The summed E-state index contributed by atoms with van der Waals surface area (Å²) in [6.07, 6.45) is 3.41. The molecule has 1 fully saturated rings. The van der Waals surface area contributed by atoms with Gasteiger partial charge in [-0.3, -0.25) is 0 Å². The highest BCUT2D eigenvalue weighted by atomic mass is 79.9. The molecule has 4 aromatic rings. The van der Waals surface area contributed by atoms with E-state index in [9.17, 15) is 5.11 Å². The van der Waals surface area contributed by atoms with E-state index >= 15 is 0 Å². The quantitative estimate of drug-likeness (QED) is 0.459. The first-order valence-corrected chi connectivity index (χ1v) is 10.8. The molecule has 5 rings (SSSR count). The lowest BCUT2D eigenvalue weighted by Crippen LogP contribution is -2.32. The van der Waals surface area contributed by atoms with E-state index in [-0.39, 0.29) is 12.6 Å². The predicted molar refractivity (Wildman–Crippen MR) is 123 cm³/mol. The number of rotatable bonds is 4. The van der Waals surface area contributed by atoms with Crippen LogP contribution in [0.25, 0.3) is 33.5 Å². The zero-order valence-corrected chi connectivity index (χ0v) is 18.2. The second-order valence-corrected chi connectivity index (χ2v) is 8.39. The van der Waals surface area contributed by atoms with Gasteiger partial charge in [-0.25, -0.2) is 15.0 Å². The Bertz CT molecular complexity index is 1250. The number of anilines is 2. The number of aromatic nitrogens is 5. The third kappa shape index (κ3) is 3.70. The lowest BCUT2D eigenvalue weighted by atomic mass is 10.0.